The van der Waals surface area contributed by atoms with Gasteiger partial charge in [0.25, 0.3) is 7.38 Å². The summed E-state index contributed by atoms with van der Waals surface area (Å²) in [4.78, 5) is 0. The second-order valence-corrected chi connectivity index (χ2v) is 10.5. The van der Waals surface area contributed by atoms with Crippen LogP contribution in [0.1, 0.15) is 0 Å². The Hall–Kier alpha value is -2.43. The summed E-state index contributed by atoms with van der Waals surface area (Å²) in [5, 5.41) is 3.01. The van der Waals surface area contributed by atoms with Crippen molar-refractivity contribution in [2.45, 2.75) is 0 Å². The van der Waals surface area contributed by atoms with Crippen molar-refractivity contribution < 1.29 is 14.2 Å². The molecule has 0 bridgehead atoms. The molecule has 3 aromatic carbocycles. The normalized spacial score (nSPS) is 12.9. The van der Waals surface area contributed by atoms with E-state index in [9.17, 15) is 0 Å². The first kappa shape index (κ1) is 18.4. The summed E-state index contributed by atoms with van der Waals surface area (Å²) in [6.07, 6.45) is 0. The third kappa shape index (κ3) is 3.18. The van der Waals surface area contributed by atoms with Gasteiger partial charge in [-0.25, -0.2) is 0 Å². The largest absolute Gasteiger partial charge is 0.497 e. The van der Waals surface area contributed by atoms with Gasteiger partial charge >= 0.3 is 0 Å². The van der Waals surface area contributed by atoms with E-state index in [0.29, 0.717) is 0 Å². The van der Waals surface area contributed by atoms with Crippen molar-refractivity contribution in [1.29, 1.82) is 0 Å². The van der Waals surface area contributed by atoms with E-state index >= 15 is 0 Å². The van der Waals surface area contributed by atoms with Crippen LogP contribution >= 0.6 is 11.1 Å². The molecule has 0 heterocycles. The molecule has 0 radical (unpaired) electrons. The molecule has 3 aromatic rings. The molecule has 0 aliphatic carbocycles. The van der Waals surface area contributed by atoms with Gasteiger partial charge in [-0.3, -0.25) is 0 Å². The van der Waals surface area contributed by atoms with E-state index in [2.05, 4.69) is 12.1 Å². The molecule has 1 unspecified atom stereocenters. The molecule has 0 amide bonds. The van der Waals surface area contributed by atoms with Crippen molar-refractivity contribution in [3.05, 3.63) is 72.8 Å². The highest BCUT2D eigenvalue weighted by Crippen LogP contribution is 2.25. The van der Waals surface area contributed by atoms with Gasteiger partial charge in [-0.1, -0.05) is 48.5 Å². The van der Waals surface area contributed by atoms with Crippen LogP contribution in [-0.2, 0) is 0 Å². The van der Waals surface area contributed by atoms with E-state index in [1.54, 1.807) is 21.3 Å². The van der Waals surface area contributed by atoms with Crippen LogP contribution in [0, 0.1) is 0 Å². The summed E-state index contributed by atoms with van der Waals surface area (Å²) in [5.74, 6) is 2.25. The third-order valence-electron chi connectivity index (χ3n) is 4.43. The van der Waals surface area contributed by atoms with Crippen LogP contribution in [0.15, 0.2) is 72.8 Å². The van der Waals surface area contributed by atoms with Crippen LogP contribution in [0.25, 0.3) is 0 Å². The summed E-state index contributed by atoms with van der Waals surface area (Å²) in [5.41, 5.74) is 0. The summed E-state index contributed by atoms with van der Waals surface area (Å²) < 4.78 is 16.6. The summed E-state index contributed by atoms with van der Waals surface area (Å²) >= 11 is 7.52. The zero-order valence-electron chi connectivity index (χ0n) is 15.0. The SMILES string of the molecule is COc1ccc([Si](Cl)(c2ccccc2)c2c(OC)cccc2OC)cc1. The second kappa shape index (κ2) is 7.85. The van der Waals surface area contributed by atoms with Gasteiger partial charge in [0.05, 0.1) is 21.3 Å². The van der Waals surface area contributed by atoms with Crippen LogP contribution in [0.4, 0.5) is 0 Å². The van der Waals surface area contributed by atoms with Gasteiger partial charge in [-0.15, -0.1) is 11.1 Å². The number of methoxy groups -OCH3 is 3. The molecule has 1 atom stereocenters. The van der Waals surface area contributed by atoms with Crippen molar-refractivity contribution in [3.63, 3.8) is 0 Å². The molecule has 134 valence electrons. The number of rotatable bonds is 6. The highest BCUT2D eigenvalue weighted by Gasteiger charge is 2.42. The van der Waals surface area contributed by atoms with Crippen LogP contribution in [-0.4, -0.2) is 28.7 Å². The summed E-state index contributed by atoms with van der Waals surface area (Å²) in [7, 11) is 2.09. The molecule has 3 nitrogen and oxygen atoms in total. The van der Waals surface area contributed by atoms with Crippen molar-refractivity contribution in [2.75, 3.05) is 21.3 Å². The van der Waals surface area contributed by atoms with Gasteiger partial charge in [0.15, 0.2) is 0 Å². The number of benzene rings is 3. The lowest BCUT2D eigenvalue weighted by Crippen LogP contribution is -2.63. The molecule has 0 N–H and O–H groups in total. The lowest BCUT2D eigenvalue weighted by molar-refractivity contribution is 0.400. The molecule has 3 rings (SSSR count). The maximum absolute atomic E-state index is 7.52. The highest BCUT2D eigenvalue weighted by atomic mass is 35.6. The fourth-order valence-corrected chi connectivity index (χ4v) is 7.69. The predicted octanol–water partition coefficient (Wildman–Crippen LogP) is 2.92. The highest BCUT2D eigenvalue weighted by molar-refractivity contribution is 7.41. The molecule has 0 saturated heterocycles. The van der Waals surface area contributed by atoms with Crippen LogP contribution in [0.3, 0.4) is 0 Å². The fraction of sp³-hybridized carbons (Fsp3) is 0.143. The Labute approximate surface area is 159 Å². The number of hydrogen-bond acceptors (Lipinski definition) is 3. The molecule has 0 fully saturated rings. The number of halogens is 1. The lowest BCUT2D eigenvalue weighted by atomic mass is 10.3. The lowest BCUT2D eigenvalue weighted by Gasteiger charge is -2.29. The van der Waals surface area contributed by atoms with E-state index < -0.39 is 7.38 Å². The van der Waals surface area contributed by atoms with E-state index in [1.807, 2.05) is 60.7 Å². The van der Waals surface area contributed by atoms with Crippen molar-refractivity contribution in [3.8, 4) is 17.2 Å². The third-order valence-corrected chi connectivity index (χ3v) is 9.75. The van der Waals surface area contributed by atoms with E-state index in [4.69, 9.17) is 25.3 Å². The van der Waals surface area contributed by atoms with Crippen LogP contribution in [0.5, 0.6) is 17.2 Å². The van der Waals surface area contributed by atoms with Gasteiger partial charge in [0.1, 0.15) is 17.2 Å². The Bertz CT molecular complexity index is 846. The quantitative estimate of drug-likeness (QED) is 0.371. The van der Waals surface area contributed by atoms with Crippen molar-refractivity contribution >= 4 is 34.0 Å². The topological polar surface area (TPSA) is 27.7 Å². The number of hydrogen-bond donors (Lipinski definition) is 0. The molecule has 0 saturated carbocycles. The summed E-state index contributed by atoms with van der Waals surface area (Å²) in [6.45, 7) is 0. The van der Waals surface area contributed by atoms with E-state index in [-0.39, 0.29) is 0 Å². The van der Waals surface area contributed by atoms with Gasteiger partial charge in [-0.2, -0.15) is 0 Å². The molecule has 26 heavy (non-hydrogen) atoms. The monoisotopic (exact) mass is 384 g/mol. The van der Waals surface area contributed by atoms with Crippen molar-refractivity contribution in [1.82, 2.24) is 0 Å². The molecular weight excluding hydrogens is 364 g/mol. The van der Waals surface area contributed by atoms with E-state index in [1.165, 1.54) is 0 Å². The van der Waals surface area contributed by atoms with Crippen LogP contribution in [0.2, 0.25) is 0 Å². The average molecular weight is 385 g/mol. The van der Waals surface area contributed by atoms with Gasteiger partial charge in [0, 0.05) is 5.19 Å². The predicted molar refractivity (Wildman–Crippen MR) is 109 cm³/mol. The Morgan fingerprint density at radius 3 is 1.65 bits per heavy atom. The molecule has 0 spiro atoms. The van der Waals surface area contributed by atoms with Gasteiger partial charge in [-0.05, 0) is 34.6 Å². The Morgan fingerprint density at radius 2 is 1.15 bits per heavy atom. The first-order chi connectivity index (χ1) is 12.6. The Morgan fingerprint density at radius 1 is 0.615 bits per heavy atom. The smallest absolute Gasteiger partial charge is 0.255 e. The zero-order chi connectivity index (χ0) is 18.6. The van der Waals surface area contributed by atoms with Gasteiger partial charge in [0.2, 0.25) is 0 Å². The number of ether oxygens (including phenoxy) is 3. The first-order valence-corrected chi connectivity index (χ1v) is 11.3. The molecule has 5 heteroatoms. The zero-order valence-corrected chi connectivity index (χ0v) is 16.8. The molecule has 0 aromatic heterocycles. The van der Waals surface area contributed by atoms with Crippen LogP contribution < -0.4 is 29.8 Å². The molecular formula is C21H21ClO3Si. The second-order valence-electron chi connectivity index (χ2n) is 5.79. The van der Waals surface area contributed by atoms with Crippen molar-refractivity contribution in [2.24, 2.45) is 0 Å². The Kier molecular flexibility index (Phi) is 5.54. The molecule has 0 aliphatic heterocycles. The minimum absolute atomic E-state index is 0.727. The van der Waals surface area contributed by atoms with Gasteiger partial charge < -0.3 is 14.2 Å². The van der Waals surface area contributed by atoms with E-state index in [0.717, 1.165) is 32.8 Å². The maximum atomic E-state index is 7.52. The summed E-state index contributed by atoms with van der Waals surface area (Å²) in [6, 6.07) is 23.8. The molecule has 0 aliphatic rings. The minimum atomic E-state index is -2.88. The fourth-order valence-electron chi connectivity index (χ4n) is 3.13. The maximum Gasteiger partial charge on any atom is 0.255 e. The minimum Gasteiger partial charge on any atom is -0.497 e. The first-order valence-electron chi connectivity index (χ1n) is 8.25. The standard InChI is InChI=1S/C21H21ClO3Si/c1-23-16-12-14-18(15-13-16)26(22,17-8-5-4-6-9-17)21-19(24-2)10-7-11-20(21)25-3/h4-15H,1-3H3. The Balaban J connectivity index is 2.32. The average Bonchev–Trinajstić information content (AvgIpc) is 2.73.